The first kappa shape index (κ1) is 11.2. The summed E-state index contributed by atoms with van der Waals surface area (Å²) in [5, 5.41) is 14.7. The second-order valence-electron chi connectivity index (χ2n) is 2.97. The van der Waals surface area contributed by atoms with Crippen LogP contribution in [0.1, 0.15) is 19.2 Å². The van der Waals surface area contributed by atoms with Crippen molar-refractivity contribution >= 4 is 5.91 Å². The van der Waals surface area contributed by atoms with Crippen molar-refractivity contribution in [3.63, 3.8) is 0 Å². The molecule has 1 rings (SSSR count). The molecule has 0 bridgehead atoms. The summed E-state index contributed by atoms with van der Waals surface area (Å²) in [6.07, 6.45) is 2.30. The predicted molar refractivity (Wildman–Crippen MR) is 50.4 cm³/mol. The van der Waals surface area contributed by atoms with Crippen molar-refractivity contribution in [1.82, 2.24) is 15.5 Å². The number of hydrogen-bond donors (Lipinski definition) is 1. The number of rotatable bonds is 5. The van der Waals surface area contributed by atoms with Crippen molar-refractivity contribution in [1.29, 1.82) is 5.26 Å². The number of aromatic nitrogens is 2. The summed E-state index contributed by atoms with van der Waals surface area (Å²) in [5.41, 5.74) is 0. The normalized spacial score (nSPS) is 11.7. The first-order valence-electron chi connectivity index (χ1n) is 4.70. The summed E-state index contributed by atoms with van der Waals surface area (Å²) in [5.74, 6) is -0.354. The molecule has 0 spiro atoms. The first-order valence-corrected chi connectivity index (χ1v) is 4.70. The molecule has 1 heterocycles. The highest BCUT2D eigenvalue weighted by atomic mass is 16.5. The van der Waals surface area contributed by atoms with E-state index in [9.17, 15) is 4.79 Å². The molecule has 1 aromatic rings. The van der Waals surface area contributed by atoms with Crippen molar-refractivity contribution in [2.45, 2.75) is 19.8 Å². The maximum absolute atomic E-state index is 11.3. The molecule has 1 amide bonds. The van der Waals surface area contributed by atoms with E-state index in [1.165, 1.54) is 6.33 Å². The summed E-state index contributed by atoms with van der Waals surface area (Å²) in [6.45, 7) is 2.20. The maximum Gasteiger partial charge on any atom is 0.237 e. The number of carbonyl (C=O) groups excluding carboxylic acids is 1. The van der Waals surface area contributed by atoms with Gasteiger partial charge in [0.2, 0.25) is 11.8 Å². The van der Waals surface area contributed by atoms with Crippen LogP contribution in [0.4, 0.5) is 0 Å². The van der Waals surface area contributed by atoms with Crippen LogP contribution in [0.2, 0.25) is 0 Å². The summed E-state index contributed by atoms with van der Waals surface area (Å²) >= 11 is 0. The van der Waals surface area contributed by atoms with Gasteiger partial charge in [-0.05, 0) is 6.42 Å². The Morgan fingerprint density at radius 2 is 2.60 bits per heavy atom. The predicted octanol–water partition coefficient (Wildman–Crippen LogP) is 0.278. The number of amides is 1. The van der Waals surface area contributed by atoms with E-state index in [4.69, 9.17) is 9.78 Å². The molecule has 6 nitrogen and oxygen atoms in total. The zero-order valence-corrected chi connectivity index (χ0v) is 8.43. The standard InChI is InChI=1S/C9H12N4O2/c1-2-7(5-10)9(14)11-4-3-8-12-6-13-15-8/h6-7H,2-4H2,1H3,(H,11,14). The van der Waals surface area contributed by atoms with Crippen LogP contribution in [0.25, 0.3) is 0 Å². The van der Waals surface area contributed by atoms with Crippen LogP contribution in [0, 0.1) is 17.2 Å². The van der Waals surface area contributed by atoms with Gasteiger partial charge in [-0.2, -0.15) is 10.2 Å². The van der Waals surface area contributed by atoms with E-state index < -0.39 is 5.92 Å². The number of nitriles is 1. The SMILES string of the molecule is CCC(C#N)C(=O)NCCc1ncno1. The van der Waals surface area contributed by atoms with Crippen LogP contribution >= 0.6 is 0 Å². The van der Waals surface area contributed by atoms with Gasteiger partial charge < -0.3 is 9.84 Å². The molecule has 0 aliphatic carbocycles. The average molecular weight is 208 g/mol. The van der Waals surface area contributed by atoms with Gasteiger partial charge in [0.1, 0.15) is 5.92 Å². The third-order valence-electron chi connectivity index (χ3n) is 1.93. The number of carbonyl (C=O) groups is 1. The van der Waals surface area contributed by atoms with Gasteiger partial charge >= 0.3 is 0 Å². The van der Waals surface area contributed by atoms with Gasteiger partial charge in [0, 0.05) is 13.0 Å². The fourth-order valence-corrected chi connectivity index (χ4v) is 1.06. The minimum atomic E-state index is -0.576. The summed E-state index contributed by atoms with van der Waals surface area (Å²) < 4.78 is 4.75. The van der Waals surface area contributed by atoms with E-state index in [2.05, 4.69) is 15.5 Å². The van der Waals surface area contributed by atoms with E-state index in [-0.39, 0.29) is 5.91 Å². The zero-order chi connectivity index (χ0) is 11.1. The van der Waals surface area contributed by atoms with Crippen LogP contribution in [-0.4, -0.2) is 22.6 Å². The lowest BCUT2D eigenvalue weighted by Crippen LogP contribution is -2.31. The average Bonchev–Trinajstić information content (AvgIpc) is 2.72. The van der Waals surface area contributed by atoms with E-state index in [1.54, 1.807) is 6.92 Å². The lowest BCUT2D eigenvalue weighted by atomic mass is 10.1. The van der Waals surface area contributed by atoms with Crippen molar-refractivity contribution in [2.75, 3.05) is 6.54 Å². The molecule has 80 valence electrons. The molecule has 0 radical (unpaired) electrons. The van der Waals surface area contributed by atoms with Crippen LogP contribution in [0.3, 0.4) is 0 Å². The molecule has 15 heavy (non-hydrogen) atoms. The summed E-state index contributed by atoms with van der Waals surface area (Å²) in [6, 6.07) is 1.93. The molecule has 0 saturated carbocycles. The van der Waals surface area contributed by atoms with Crippen molar-refractivity contribution in [2.24, 2.45) is 5.92 Å². The van der Waals surface area contributed by atoms with Crippen LogP contribution in [0.15, 0.2) is 10.9 Å². The number of hydrogen-bond acceptors (Lipinski definition) is 5. The van der Waals surface area contributed by atoms with Crippen LogP contribution in [-0.2, 0) is 11.2 Å². The van der Waals surface area contributed by atoms with E-state index in [0.717, 1.165) is 0 Å². The lowest BCUT2D eigenvalue weighted by Gasteiger charge is -2.06. The minimum absolute atomic E-state index is 0.250. The van der Waals surface area contributed by atoms with Gasteiger partial charge in [0.15, 0.2) is 6.33 Å². The maximum atomic E-state index is 11.3. The quantitative estimate of drug-likeness (QED) is 0.750. The van der Waals surface area contributed by atoms with Gasteiger partial charge in [-0.3, -0.25) is 4.79 Å². The molecule has 1 atom stereocenters. The fourth-order valence-electron chi connectivity index (χ4n) is 1.06. The molecule has 0 saturated heterocycles. The molecule has 1 N–H and O–H groups in total. The number of nitrogens with zero attached hydrogens (tertiary/aromatic N) is 3. The Labute approximate surface area is 87.3 Å². The summed E-state index contributed by atoms with van der Waals surface area (Å²) in [4.78, 5) is 15.1. The zero-order valence-electron chi connectivity index (χ0n) is 8.43. The fraction of sp³-hybridized carbons (Fsp3) is 0.556. The van der Waals surface area contributed by atoms with E-state index >= 15 is 0 Å². The molecule has 1 unspecified atom stereocenters. The van der Waals surface area contributed by atoms with Gasteiger partial charge in [0.05, 0.1) is 6.07 Å². The van der Waals surface area contributed by atoms with Gasteiger partial charge in [0.25, 0.3) is 0 Å². The Bertz CT molecular complexity index is 341. The Morgan fingerprint density at radius 3 is 3.13 bits per heavy atom. The van der Waals surface area contributed by atoms with Crippen molar-refractivity contribution in [3.8, 4) is 6.07 Å². The minimum Gasteiger partial charge on any atom is -0.354 e. The van der Waals surface area contributed by atoms with Crippen LogP contribution < -0.4 is 5.32 Å². The van der Waals surface area contributed by atoms with Crippen molar-refractivity contribution in [3.05, 3.63) is 12.2 Å². The first-order chi connectivity index (χ1) is 7.27. The lowest BCUT2D eigenvalue weighted by molar-refractivity contribution is -0.123. The molecule has 0 fully saturated rings. The Balaban J connectivity index is 2.26. The van der Waals surface area contributed by atoms with Gasteiger partial charge in [-0.1, -0.05) is 12.1 Å². The topological polar surface area (TPSA) is 91.8 Å². The molecular formula is C9H12N4O2. The molecule has 6 heteroatoms. The number of nitrogens with one attached hydrogen (secondary N) is 1. The largest absolute Gasteiger partial charge is 0.354 e. The molecule has 0 aromatic carbocycles. The molecule has 0 aliphatic rings. The van der Waals surface area contributed by atoms with E-state index in [1.807, 2.05) is 6.07 Å². The Kier molecular flexibility index (Phi) is 4.29. The third kappa shape index (κ3) is 3.38. The Morgan fingerprint density at radius 1 is 1.80 bits per heavy atom. The third-order valence-corrected chi connectivity index (χ3v) is 1.93. The van der Waals surface area contributed by atoms with E-state index in [0.29, 0.717) is 25.3 Å². The highest BCUT2D eigenvalue weighted by Crippen LogP contribution is 1.99. The second-order valence-corrected chi connectivity index (χ2v) is 2.97. The van der Waals surface area contributed by atoms with Crippen LogP contribution in [0.5, 0.6) is 0 Å². The van der Waals surface area contributed by atoms with Crippen molar-refractivity contribution < 1.29 is 9.32 Å². The summed E-state index contributed by atoms with van der Waals surface area (Å²) in [7, 11) is 0. The van der Waals surface area contributed by atoms with Gasteiger partial charge in [-0.25, -0.2) is 0 Å². The monoisotopic (exact) mass is 208 g/mol. The molecule has 1 aromatic heterocycles. The Hall–Kier alpha value is -1.90. The highest BCUT2D eigenvalue weighted by Gasteiger charge is 2.14. The second kappa shape index (κ2) is 5.75. The molecule has 0 aliphatic heterocycles. The highest BCUT2D eigenvalue weighted by molar-refractivity contribution is 5.80. The molecular weight excluding hydrogens is 196 g/mol. The van der Waals surface area contributed by atoms with Gasteiger partial charge in [-0.15, -0.1) is 0 Å². The smallest absolute Gasteiger partial charge is 0.237 e.